The number of rotatable bonds is 9. The average molecular weight is 399 g/mol. The molecule has 0 atom stereocenters. The maximum absolute atomic E-state index is 12.3. The zero-order valence-electron chi connectivity index (χ0n) is 17.3. The van der Waals surface area contributed by atoms with Crippen LogP contribution in [-0.2, 0) is 17.8 Å². The number of carbonyl (C=O) groups is 1. The van der Waals surface area contributed by atoms with Crippen LogP contribution in [0.25, 0.3) is 0 Å². The van der Waals surface area contributed by atoms with Crippen molar-refractivity contribution in [2.75, 3.05) is 53.5 Å². The highest BCUT2D eigenvalue weighted by Crippen LogP contribution is 2.27. The van der Waals surface area contributed by atoms with Crippen molar-refractivity contribution >= 4 is 5.91 Å². The molecule has 156 valence electrons. The predicted octanol–water partition coefficient (Wildman–Crippen LogP) is 1.58. The normalized spacial score (nSPS) is 15.1. The van der Waals surface area contributed by atoms with Crippen LogP contribution in [0.5, 0.6) is 11.5 Å². The van der Waals surface area contributed by atoms with E-state index in [1.54, 1.807) is 14.2 Å². The van der Waals surface area contributed by atoms with Crippen LogP contribution in [0, 0.1) is 0 Å². The van der Waals surface area contributed by atoms with E-state index in [1.165, 1.54) is 0 Å². The molecule has 0 aliphatic carbocycles. The fourth-order valence-corrected chi connectivity index (χ4v) is 3.47. The molecule has 7 nitrogen and oxygen atoms in total. The van der Waals surface area contributed by atoms with Crippen LogP contribution in [0.4, 0.5) is 0 Å². The summed E-state index contributed by atoms with van der Waals surface area (Å²) in [5.74, 6) is 1.49. The van der Waals surface area contributed by atoms with E-state index in [1.807, 2.05) is 36.5 Å². The van der Waals surface area contributed by atoms with E-state index in [-0.39, 0.29) is 5.91 Å². The molecule has 29 heavy (non-hydrogen) atoms. The smallest absolute Gasteiger partial charge is 0.234 e. The Morgan fingerprint density at radius 2 is 1.79 bits per heavy atom. The number of aromatic nitrogens is 1. The summed E-state index contributed by atoms with van der Waals surface area (Å²) >= 11 is 0. The summed E-state index contributed by atoms with van der Waals surface area (Å²) in [6.07, 6.45) is 2.59. The molecule has 1 aromatic carbocycles. The van der Waals surface area contributed by atoms with Gasteiger partial charge in [0.25, 0.3) is 0 Å². The van der Waals surface area contributed by atoms with Crippen molar-refractivity contribution in [1.29, 1.82) is 0 Å². The summed E-state index contributed by atoms with van der Waals surface area (Å²) in [6, 6.07) is 11.8. The van der Waals surface area contributed by atoms with Gasteiger partial charge in [0, 0.05) is 45.5 Å². The lowest BCUT2D eigenvalue weighted by Crippen LogP contribution is -2.49. The number of piperazine rings is 1. The highest BCUT2D eigenvalue weighted by atomic mass is 16.5. The van der Waals surface area contributed by atoms with Crippen molar-refractivity contribution in [1.82, 2.24) is 20.1 Å². The van der Waals surface area contributed by atoms with Crippen LogP contribution in [0.1, 0.15) is 11.3 Å². The molecule has 0 saturated carbocycles. The summed E-state index contributed by atoms with van der Waals surface area (Å²) in [7, 11) is 3.25. The molecule has 1 aliphatic heterocycles. The van der Waals surface area contributed by atoms with E-state index in [2.05, 4.69) is 26.2 Å². The Hall–Kier alpha value is -2.64. The molecule has 0 spiro atoms. The SMILES string of the molecule is COc1ccc(CCNC(=O)CN2CCN(Cc3ccccn3)CC2)cc1OC. The zero-order valence-corrected chi connectivity index (χ0v) is 17.3. The molecule has 7 heteroatoms. The number of nitrogens with zero attached hydrogens (tertiary/aromatic N) is 3. The fraction of sp³-hybridized carbons (Fsp3) is 0.455. The Balaban J connectivity index is 1.35. The van der Waals surface area contributed by atoms with Gasteiger partial charge >= 0.3 is 0 Å². The summed E-state index contributed by atoms with van der Waals surface area (Å²) in [5.41, 5.74) is 2.19. The van der Waals surface area contributed by atoms with Gasteiger partial charge in [0.15, 0.2) is 11.5 Å². The Morgan fingerprint density at radius 1 is 1.03 bits per heavy atom. The van der Waals surface area contributed by atoms with Gasteiger partial charge in [-0.1, -0.05) is 12.1 Å². The largest absolute Gasteiger partial charge is 0.493 e. The first-order valence-corrected chi connectivity index (χ1v) is 10.00. The second-order valence-electron chi connectivity index (χ2n) is 7.16. The highest BCUT2D eigenvalue weighted by Gasteiger charge is 2.19. The van der Waals surface area contributed by atoms with Crippen molar-refractivity contribution in [3.63, 3.8) is 0 Å². The Kier molecular flexibility index (Phi) is 7.84. The van der Waals surface area contributed by atoms with E-state index in [0.29, 0.717) is 24.6 Å². The lowest BCUT2D eigenvalue weighted by Gasteiger charge is -2.34. The standard InChI is InChI=1S/C22H30N4O3/c1-28-20-7-6-18(15-21(20)29-2)8-10-24-22(27)17-26-13-11-25(12-14-26)16-19-5-3-4-9-23-19/h3-7,9,15H,8,10-14,16-17H2,1-2H3,(H,24,27). The van der Waals surface area contributed by atoms with Crippen LogP contribution in [0.15, 0.2) is 42.6 Å². The van der Waals surface area contributed by atoms with E-state index in [4.69, 9.17) is 9.47 Å². The van der Waals surface area contributed by atoms with Crippen LogP contribution in [0.3, 0.4) is 0 Å². The highest BCUT2D eigenvalue weighted by molar-refractivity contribution is 5.78. The molecule has 1 saturated heterocycles. The number of amides is 1. The molecule has 2 aromatic rings. The number of nitrogens with one attached hydrogen (secondary N) is 1. The van der Waals surface area contributed by atoms with Gasteiger partial charge < -0.3 is 14.8 Å². The van der Waals surface area contributed by atoms with Crippen molar-refractivity contribution in [3.8, 4) is 11.5 Å². The van der Waals surface area contributed by atoms with Gasteiger partial charge in [-0.25, -0.2) is 0 Å². The third-order valence-corrected chi connectivity index (χ3v) is 5.13. The molecule has 1 aliphatic rings. The lowest BCUT2D eigenvalue weighted by atomic mass is 10.1. The number of pyridine rings is 1. The third kappa shape index (κ3) is 6.44. The number of ether oxygens (including phenoxy) is 2. The zero-order chi connectivity index (χ0) is 20.5. The summed E-state index contributed by atoms with van der Waals surface area (Å²) < 4.78 is 10.6. The third-order valence-electron chi connectivity index (χ3n) is 5.13. The summed E-state index contributed by atoms with van der Waals surface area (Å²) in [4.78, 5) is 21.3. The predicted molar refractivity (Wildman–Crippen MR) is 112 cm³/mol. The maximum Gasteiger partial charge on any atom is 0.234 e. The lowest BCUT2D eigenvalue weighted by molar-refractivity contribution is -0.122. The van der Waals surface area contributed by atoms with Crippen molar-refractivity contribution in [2.45, 2.75) is 13.0 Å². The first-order chi connectivity index (χ1) is 14.2. The number of benzene rings is 1. The van der Waals surface area contributed by atoms with E-state index in [9.17, 15) is 4.79 Å². The first kappa shape index (κ1) is 21.1. The molecule has 0 bridgehead atoms. The van der Waals surface area contributed by atoms with Gasteiger partial charge in [-0.3, -0.25) is 19.6 Å². The number of hydrogen-bond acceptors (Lipinski definition) is 6. The number of hydrogen-bond donors (Lipinski definition) is 1. The van der Waals surface area contributed by atoms with Crippen molar-refractivity contribution in [2.24, 2.45) is 0 Å². The van der Waals surface area contributed by atoms with Gasteiger partial charge in [0.2, 0.25) is 5.91 Å². The van der Waals surface area contributed by atoms with Crippen LogP contribution < -0.4 is 14.8 Å². The van der Waals surface area contributed by atoms with Crippen molar-refractivity contribution in [3.05, 3.63) is 53.9 Å². The minimum atomic E-state index is 0.0728. The molecule has 1 aromatic heterocycles. The molecular weight excluding hydrogens is 368 g/mol. The minimum Gasteiger partial charge on any atom is -0.493 e. The van der Waals surface area contributed by atoms with Gasteiger partial charge in [0.05, 0.1) is 26.5 Å². The summed E-state index contributed by atoms with van der Waals surface area (Å²) in [5, 5.41) is 3.02. The molecule has 0 unspecified atom stereocenters. The second kappa shape index (κ2) is 10.8. The summed E-state index contributed by atoms with van der Waals surface area (Å²) in [6.45, 7) is 5.63. The Labute approximate surface area is 172 Å². The van der Waals surface area contributed by atoms with Crippen LogP contribution >= 0.6 is 0 Å². The second-order valence-corrected chi connectivity index (χ2v) is 7.16. The molecular formula is C22H30N4O3. The molecule has 1 amide bonds. The molecule has 1 fully saturated rings. The molecule has 0 radical (unpaired) electrons. The van der Waals surface area contributed by atoms with Gasteiger partial charge in [-0.05, 0) is 36.2 Å². The average Bonchev–Trinajstić information content (AvgIpc) is 2.75. The Bertz CT molecular complexity index is 777. The van der Waals surface area contributed by atoms with Crippen LogP contribution in [-0.4, -0.2) is 74.2 Å². The van der Waals surface area contributed by atoms with E-state index in [0.717, 1.165) is 50.4 Å². The van der Waals surface area contributed by atoms with Gasteiger partial charge in [-0.15, -0.1) is 0 Å². The van der Waals surface area contributed by atoms with E-state index >= 15 is 0 Å². The number of methoxy groups -OCH3 is 2. The fourth-order valence-electron chi connectivity index (χ4n) is 3.47. The maximum atomic E-state index is 12.3. The molecule has 1 N–H and O–H groups in total. The molecule has 3 rings (SSSR count). The van der Waals surface area contributed by atoms with E-state index < -0.39 is 0 Å². The van der Waals surface area contributed by atoms with Crippen LogP contribution in [0.2, 0.25) is 0 Å². The quantitative estimate of drug-likeness (QED) is 0.692. The topological polar surface area (TPSA) is 66.9 Å². The first-order valence-electron chi connectivity index (χ1n) is 10.00. The Morgan fingerprint density at radius 3 is 2.48 bits per heavy atom. The molecule has 2 heterocycles. The number of carbonyl (C=O) groups excluding carboxylic acids is 1. The monoisotopic (exact) mass is 398 g/mol. The van der Waals surface area contributed by atoms with Gasteiger partial charge in [0.1, 0.15) is 0 Å². The van der Waals surface area contributed by atoms with Crippen molar-refractivity contribution < 1.29 is 14.3 Å². The van der Waals surface area contributed by atoms with Gasteiger partial charge in [-0.2, -0.15) is 0 Å². The minimum absolute atomic E-state index is 0.0728.